The van der Waals surface area contributed by atoms with Gasteiger partial charge in [-0.2, -0.15) is 0 Å². The Morgan fingerprint density at radius 3 is 1.22 bits per heavy atom. The summed E-state index contributed by atoms with van der Waals surface area (Å²) >= 11 is 0. The molecule has 0 saturated heterocycles. The molecule has 0 radical (unpaired) electrons. The third kappa shape index (κ3) is 5.56. The average molecular weight is 597 g/mol. The SMILES string of the molecule is C=COc1cccc(N(c2ccc(N(c3cccc(OC=C)c3)c3cccc4ccccc34)cc2)c2cccc3ccccc23)c1. The highest BCUT2D eigenvalue weighted by molar-refractivity contribution is 6.00. The van der Waals surface area contributed by atoms with Gasteiger partial charge in [0.15, 0.2) is 0 Å². The molecule has 46 heavy (non-hydrogen) atoms. The summed E-state index contributed by atoms with van der Waals surface area (Å²) in [5.41, 5.74) is 6.12. The Kier molecular flexibility index (Phi) is 7.91. The lowest BCUT2D eigenvalue weighted by molar-refractivity contribution is 0.483. The van der Waals surface area contributed by atoms with Crippen LogP contribution < -0.4 is 19.3 Å². The topological polar surface area (TPSA) is 24.9 Å². The van der Waals surface area contributed by atoms with Crippen molar-refractivity contribution in [3.05, 3.63) is 183 Å². The Hall–Kier alpha value is -6.26. The van der Waals surface area contributed by atoms with E-state index in [1.807, 2.05) is 36.4 Å². The van der Waals surface area contributed by atoms with Crippen molar-refractivity contribution in [2.75, 3.05) is 9.80 Å². The van der Waals surface area contributed by atoms with Gasteiger partial charge >= 0.3 is 0 Å². The minimum absolute atomic E-state index is 0.720. The number of rotatable bonds is 10. The van der Waals surface area contributed by atoms with E-state index in [2.05, 4.69) is 144 Å². The molecule has 0 aliphatic heterocycles. The van der Waals surface area contributed by atoms with E-state index in [9.17, 15) is 0 Å². The molecular formula is C42H32N2O2. The zero-order valence-electron chi connectivity index (χ0n) is 25.3. The van der Waals surface area contributed by atoms with Crippen LogP contribution in [0.5, 0.6) is 11.5 Å². The quantitative estimate of drug-likeness (QED) is 0.147. The Balaban J connectivity index is 1.39. The van der Waals surface area contributed by atoms with Crippen LogP contribution in [-0.4, -0.2) is 0 Å². The first-order valence-corrected chi connectivity index (χ1v) is 15.1. The molecule has 0 aliphatic carbocycles. The van der Waals surface area contributed by atoms with Crippen molar-refractivity contribution in [3.63, 3.8) is 0 Å². The number of hydrogen-bond donors (Lipinski definition) is 0. The van der Waals surface area contributed by atoms with Crippen LogP contribution >= 0.6 is 0 Å². The first-order chi connectivity index (χ1) is 22.7. The molecule has 0 N–H and O–H groups in total. The van der Waals surface area contributed by atoms with Crippen LogP contribution in [0, 0.1) is 0 Å². The number of hydrogen-bond acceptors (Lipinski definition) is 4. The summed E-state index contributed by atoms with van der Waals surface area (Å²) in [6, 6.07) is 54.5. The second kappa shape index (κ2) is 12.8. The monoisotopic (exact) mass is 596 g/mol. The van der Waals surface area contributed by atoms with E-state index in [1.54, 1.807) is 0 Å². The van der Waals surface area contributed by atoms with E-state index in [4.69, 9.17) is 9.47 Å². The molecule has 4 nitrogen and oxygen atoms in total. The summed E-state index contributed by atoms with van der Waals surface area (Å²) < 4.78 is 11.4. The molecule has 7 rings (SSSR count). The summed E-state index contributed by atoms with van der Waals surface area (Å²) in [5.74, 6) is 1.44. The van der Waals surface area contributed by atoms with Gasteiger partial charge in [-0.3, -0.25) is 0 Å². The second-order valence-electron chi connectivity index (χ2n) is 10.7. The van der Waals surface area contributed by atoms with Crippen LogP contribution in [-0.2, 0) is 0 Å². The Labute approximate surface area is 269 Å². The van der Waals surface area contributed by atoms with E-state index in [0.29, 0.717) is 0 Å². The first kappa shape index (κ1) is 28.5. The van der Waals surface area contributed by atoms with Crippen LogP contribution in [0.2, 0.25) is 0 Å². The number of fused-ring (bicyclic) bond motifs is 2. The lowest BCUT2D eigenvalue weighted by Crippen LogP contribution is -2.13. The minimum atomic E-state index is 0.720. The lowest BCUT2D eigenvalue weighted by Gasteiger charge is -2.29. The van der Waals surface area contributed by atoms with Gasteiger partial charge in [-0.1, -0.05) is 98.1 Å². The third-order valence-corrected chi connectivity index (χ3v) is 7.97. The zero-order valence-corrected chi connectivity index (χ0v) is 25.3. The van der Waals surface area contributed by atoms with Crippen LogP contribution in [0.4, 0.5) is 34.1 Å². The van der Waals surface area contributed by atoms with Gasteiger partial charge in [0, 0.05) is 45.7 Å². The molecule has 0 aromatic heterocycles. The molecule has 0 bridgehead atoms. The molecule has 0 saturated carbocycles. The Bertz CT molecular complexity index is 2000. The van der Waals surface area contributed by atoms with Gasteiger partial charge in [0.1, 0.15) is 11.5 Å². The van der Waals surface area contributed by atoms with Gasteiger partial charge in [-0.15, -0.1) is 0 Å². The van der Waals surface area contributed by atoms with Gasteiger partial charge in [-0.05, 0) is 71.4 Å². The second-order valence-corrected chi connectivity index (χ2v) is 10.7. The molecule has 0 spiro atoms. The van der Waals surface area contributed by atoms with Crippen LogP contribution in [0.3, 0.4) is 0 Å². The third-order valence-electron chi connectivity index (χ3n) is 7.97. The molecule has 0 amide bonds. The minimum Gasteiger partial charge on any atom is -0.466 e. The van der Waals surface area contributed by atoms with Crippen molar-refractivity contribution < 1.29 is 9.47 Å². The lowest BCUT2D eigenvalue weighted by atomic mass is 10.1. The smallest absolute Gasteiger partial charge is 0.128 e. The molecule has 7 aromatic rings. The summed E-state index contributed by atoms with van der Waals surface area (Å²) in [5, 5.41) is 4.65. The van der Waals surface area contributed by atoms with E-state index < -0.39 is 0 Å². The maximum absolute atomic E-state index is 5.68. The van der Waals surface area contributed by atoms with Gasteiger partial charge in [0.2, 0.25) is 0 Å². The molecule has 7 aromatic carbocycles. The Morgan fingerprint density at radius 2 is 0.783 bits per heavy atom. The fourth-order valence-corrected chi connectivity index (χ4v) is 6.00. The van der Waals surface area contributed by atoms with Crippen molar-refractivity contribution in [3.8, 4) is 11.5 Å². The maximum Gasteiger partial charge on any atom is 0.128 e. The van der Waals surface area contributed by atoms with Gasteiger partial charge in [-0.25, -0.2) is 0 Å². The first-order valence-electron chi connectivity index (χ1n) is 15.1. The van der Waals surface area contributed by atoms with Crippen LogP contribution in [0.1, 0.15) is 0 Å². The van der Waals surface area contributed by atoms with E-state index in [-0.39, 0.29) is 0 Å². The summed E-state index contributed by atoms with van der Waals surface area (Å²) in [4.78, 5) is 4.53. The van der Waals surface area contributed by atoms with Crippen molar-refractivity contribution in [2.24, 2.45) is 0 Å². The molecular weight excluding hydrogens is 564 g/mol. The molecule has 0 fully saturated rings. The maximum atomic E-state index is 5.68. The van der Waals surface area contributed by atoms with E-state index in [0.717, 1.165) is 56.4 Å². The summed E-state index contributed by atoms with van der Waals surface area (Å²) in [6.45, 7) is 7.49. The van der Waals surface area contributed by atoms with Crippen molar-refractivity contribution in [1.82, 2.24) is 0 Å². The largest absolute Gasteiger partial charge is 0.466 e. The average Bonchev–Trinajstić information content (AvgIpc) is 3.10. The number of benzene rings is 7. The highest BCUT2D eigenvalue weighted by Crippen LogP contribution is 2.43. The van der Waals surface area contributed by atoms with Crippen LogP contribution in [0.25, 0.3) is 21.5 Å². The highest BCUT2D eigenvalue weighted by atomic mass is 16.5. The predicted octanol–water partition coefficient (Wildman–Crippen LogP) is 12.0. The fraction of sp³-hybridized carbons (Fsp3) is 0. The van der Waals surface area contributed by atoms with Crippen LogP contribution in [0.15, 0.2) is 183 Å². The molecule has 4 heteroatoms. The van der Waals surface area contributed by atoms with Gasteiger partial charge in [0.05, 0.1) is 23.9 Å². The summed E-state index contributed by atoms with van der Waals surface area (Å²) in [7, 11) is 0. The molecule has 0 atom stereocenters. The van der Waals surface area contributed by atoms with E-state index in [1.165, 1.54) is 23.3 Å². The normalized spacial score (nSPS) is 10.8. The van der Waals surface area contributed by atoms with E-state index >= 15 is 0 Å². The number of anilines is 6. The predicted molar refractivity (Wildman–Crippen MR) is 192 cm³/mol. The standard InChI is InChI=1S/C42H32N2O2/c1-3-45-37-19-11-17-35(29-37)43(41-23-9-15-31-13-5-7-21-39(31)41)33-25-27-34(28-26-33)44(36-18-12-20-38(30-36)46-4-2)42-24-10-16-32-14-6-8-22-40(32)42/h3-30H,1-2H2. The van der Waals surface area contributed by atoms with Crippen molar-refractivity contribution in [1.29, 1.82) is 0 Å². The molecule has 0 heterocycles. The summed E-state index contributed by atoms with van der Waals surface area (Å²) in [6.07, 6.45) is 2.90. The Morgan fingerprint density at radius 1 is 0.391 bits per heavy atom. The molecule has 0 unspecified atom stereocenters. The fourth-order valence-electron chi connectivity index (χ4n) is 6.00. The zero-order chi connectivity index (χ0) is 31.3. The highest BCUT2D eigenvalue weighted by Gasteiger charge is 2.19. The number of ether oxygens (including phenoxy) is 2. The molecule has 0 aliphatic rings. The van der Waals surface area contributed by atoms with Gasteiger partial charge in [0.25, 0.3) is 0 Å². The van der Waals surface area contributed by atoms with Crippen molar-refractivity contribution >= 4 is 55.7 Å². The number of nitrogens with zero attached hydrogens (tertiary/aromatic N) is 2. The van der Waals surface area contributed by atoms with Crippen molar-refractivity contribution in [2.45, 2.75) is 0 Å². The van der Waals surface area contributed by atoms with Gasteiger partial charge < -0.3 is 19.3 Å². The molecule has 222 valence electrons.